The summed E-state index contributed by atoms with van der Waals surface area (Å²) >= 11 is 5.94. The fraction of sp³-hybridized carbons (Fsp3) is 0.286. The quantitative estimate of drug-likeness (QED) is 0.141. The maximum atomic E-state index is 14.2. The predicted octanol–water partition coefficient (Wildman–Crippen LogP) is 8.17. The van der Waals surface area contributed by atoms with E-state index in [0.717, 1.165) is 60.5 Å². The number of rotatable bonds is 6. The first-order valence-corrected chi connectivity index (χ1v) is 22.7. The first-order chi connectivity index (χ1) is 26.4. The Morgan fingerprint density at radius 1 is 0.571 bits per heavy atom. The van der Waals surface area contributed by atoms with Crippen LogP contribution in [0.4, 0.5) is 8.78 Å². The lowest BCUT2D eigenvalue weighted by molar-refractivity contribution is -0.144. The minimum absolute atomic E-state index is 0.0723. The van der Waals surface area contributed by atoms with Gasteiger partial charge in [-0.25, -0.2) is 35.2 Å². The van der Waals surface area contributed by atoms with Gasteiger partial charge in [-0.3, -0.25) is 0 Å². The van der Waals surface area contributed by atoms with E-state index in [2.05, 4.69) is 9.24 Å². The summed E-state index contributed by atoms with van der Waals surface area (Å²) in [5.74, 6) is -1.90. The maximum Gasteiger partial charge on any atom is 0.340 e. The van der Waals surface area contributed by atoms with Gasteiger partial charge in [-0.2, -0.15) is 0 Å². The lowest BCUT2D eigenvalue weighted by Crippen LogP contribution is -2.27. The highest BCUT2D eigenvalue weighted by Gasteiger charge is 2.51. The third-order valence-electron chi connectivity index (χ3n) is 10.9. The maximum absolute atomic E-state index is 14.2. The van der Waals surface area contributed by atoms with Gasteiger partial charge in [-0.15, -0.1) is 9.24 Å². The van der Waals surface area contributed by atoms with Crippen LogP contribution < -0.4 is 5.30 Å². The van der Waals surface area contributed by atoms with Crippen LogP contribution in [0.2, 0.25) is 5.02 Å². The lowest BCUT2D eigenvalue weighted by atomic mass is 9.83. The first kappa shape index (κ1) is 40.0. The van der Waals surface area contributed by atoms with Crippen molar-refractivity contribution in [3.8, 4) is 0 Å². The standard InChI is InChI=1S/C21H18ClFO4S.C21H20FO4PS/c1-28(25,26)15-7-4-13(5-8-15)19-18(14-6-9-17(23)16(22)12-14)20(24)27-21(19)10-2-3-11-21;1-28(24,25)15-7-4-13(5-8-15)19-18(14-6-9-17(27)16(22)12-14)20(23)26-21(19)10-2-3-11-21/h4-9,12H,2-3,10-11H2,1H3;4-9,12H,2-3,10-11,27H2,1H3. The number of sulfone groups is 2. The molecule has 0 bridgehead atoms. The molecule has 0 amide bonds. The summed E-state index contributed by atoms with van der Waals surface area (Å²) in [4.78, 5) is 26.1. The Bertz CT molecular complexity index is 2380. The number of ether oxygens (including phenoxy) is 2. The molecular weight excluding hydrogens is 801 g/mol. The zero-order valence-corrected chi connectivity index (χ0v) is 34.1. The number of carbonyl (C=O) groups excluding carboxylic acids is 2. The third kappa shape index (κ3) is 7.49. The van der Waals surface area contributed by atoms with E-state index in [9.17, 15) is 35.2 Å². The minimum atomic E-state index is -3.33. The van der Waals surface area contributed by atoms with Crippen molar-refractivity contribution in [3.05, 3.63) is 124 Å². The summed E-state index contributed by atoms with van der Waals surface area (Å²) in [5.41, 5.74) is 3.11. The fourth-order valence-corrected chi connectivity index (χ4v) is 9.85. The molecule has 2 aliphatic carbocycles. The number of benzene rings is 4. The second-order valence-electron chi connectivity index (χ2n) is 14.6. The Morgan fingerprint density at radius 3 is 1.32 bits per heavy atom. The molecular formula is C42H38ClF2O8PS2. The van der Waals surface area contributed by atoms with Crippen LogP contribution in [0.15, 0.2) is 94.7 Å². The van der Waals surface area contributed by atoms with Crippen molar-refractivity contribution >= 4 is 80.1 Å². The van der Waals surface area contributed by atoms with Gasteiger partial charge in [0.25, 0.3) is 0 Å². The number of carbonyl (C=O) groups is 2. The van der Waals surface area contributed by atoms with Crippen molar-refractivity contribution < 1.29 is 44.7 Å². The number of hydrogen-bond donors (Lipinski definition) is 0. The van der Waals surface area contributed by atoms with Crippen LogP contribution in [0.1, 0.15) is 73.6 Å². The van der Waals surface area contributed by atoms with E-state index in [0.29, 0.717) is 53.3 Å². The molecule has 292 valence electrons. The van der Waals surface area contributed by atoms with Crippen molar-refractivity contribution in [3.63, 3.8) is 0 Å². The van der Waals surface area contributed by atoms with Crippen molar-refractivity contribution in [2.24, 2.45) is 0 Å². The monoisotopic (exact) mass is 838 g/mol. The Kier molecular flexibility index (Phi) is 10.7. The molecule has 2 aliphatic heterocycles. The topological polar surface area (TPSA) is 121 Å². The van der Waals surface area contributed by atoms with E-state index in [1.807, 2.05) is 0 Å². The highest BCUT2D eigenvalue weighted by molar-refractivity contribution is 7.91. The Hall–Kier alpha value is -4.22. The molecule has 2 heterocycles. The molecule has 2 spiro atoms. The molecule has 1 atom stereocenters. The van der Waals surface area contributed by atoms with E-state index < -0.39 is 54.4 Å². The molecule has 1 unspecified atom stereocenters. The second kappa shape index (κ2) is 14.9. The number of halogens is 3. The van der Waals surface area contributed by atoms with Gasteiger partial charge in [-0.05, 0) is 116 Å². The SMILES string of the molecule is CS(=O)(=O)c1ccc(C2=C(c3ccc(F)c(Cl)c3)C(=O)OC23CCCC3)cc1.CS(=O)(=O)c1ccc(C2=C(c3ccc(P)c(F)c3)C(=O)OC23CCCC3)cc1. The summed E-state index contributed by atoms with van der Waals surface area (Å²) in [6.07, 6.45) is 8.82. The summed E-state index contributed by atoms with van der Waals surface area (Å²) in [6, 6.07) is 21.7. The molecule has 0 aromatic heterocycles. The number of hydrogen-bond acceptors (Lipinski definition) is 8. The summed E-state index contributed by atoms with van der Waals surface area (Å²) in [6.45, 7) is 0. The Balaban J connectivity index is 0.000000172. The van der Waals surface area contributed by atoms with Gasteiger partial charge in [0.05, 0.1) is 26.0 Å². The van der Waals surface area contributed by atoms with E-state index in [-0.39, 0.29) is 14.8 Å². The van der Waals surface area contributed by atoms with E-state index in [1.165, 1.54) is 48.5 Å². The van der Waals surface area contributed by atoms with E-state index >= 15 is 0 Å². The third-order valence-corrected chi connectivity index (χ3v) is 13.9. The van der Waals surface area contributed by atoms with Crippen LogP contribution >= 0.6 is 20.8 Å². The lowest BCUT2D eigenvalue weighted by Gasteiger charge is -2.26. The molecule has 4 aromatic carbocycles. The zero-order chi connectivity index (χ0) is 40.2. The van der Waals surface area contributed by atoms with Crippen LogP contribution in [0.3, 0.4) is 0 Å². The molecule has 56 heavy (non-hydrogen) atoms. The van der Waals surface area contributed by atoms with Gasteiger partial charge in [0.1, 0.15) is 22.8 Å². The van der Waals surface area contributed by atoms with Crippen LogP contribution in [0.25, 0.3) is 22.3 Å². The normalized spacial score (nSPS) is 18.8. The molecule has 4 aliphatic rings. The fourth-order valence-electron chi connectivity index (χ4n) is 8.23. The minimum Gasteiger partial charge on any atom is -0.451 e. The molecule has 8 rings (SSSR count). The van der Waals surface area contributed by atoms with Gasteiger partial charge >= 0.3 is 11.9 Å². The zero-order valence-electron chi connectivity index (χ0n) is 30.5. The molecule has 0 radical (unpaired) electrons. The average Bonchev–Trinajstić information content (AvgIpc) is 3.93. The van der Waals surface area contributed by atoms with E-state index in [1.54, 1.807) is 36.4 Å². The van der Waals surface area contributed by atoms with Crippen LogP contribution in [-0.4, -0.2) is 52.5 Å². The van der Waals surface area contributed by atoms with Crippen molar-refractivity contribution in [1.82, 2.24) is 0 Å². The predicted molar refractivity (Wildman–Crippen MR) is 214 cm³/mol. The van der Waals surface area contributed by atoms with Crippen molar-refractivity contribution in [2.75, 3.05) is 12.5 Å². The molecule has 8 nitrogen and oxygen atoms in total. The number of esters is 2. The summed E-state index contributed by atoms with van der Waals surface area (Å²) in [5, 5.41) is 0.349. The molecule has 0 saturated heterocycles. The Morgan fingerprint density at radius 2 is 0.946 bits per heavy atom. The molecule has 0 N–H and O–H groups in total. The van der Waals surface area contributed by atoms with Gasteiger partial charge in [0.15, 0.2) is 19.7 Å². The van der Waals surface area contributed by atoms with Crippen LogP contribution in [0, 0.1) is 11.6 Å². The molecule has 4 aromatic rings. The van der Waals surface area contributed by atoms with Gasteiger partial charge in [-0.1, -0.05) is 54.1 Å². The van der Waals surface area contributed by atoms with Crippen molar-refractivity contribution in [1.29, 1.82) is 0 Å². The van der Waals surface area contributed by atoms with Gasteiger partial charge < -0.3 is 9.47 Å². The average molecular weight is 839 g/mol. The van der Waals surface area contributed by atoms with Gasteiger partial charge in [0.2, 0.25) is 0 Å². The summed E-state index contributed by atoms with van der Waals surface area (Å²) < 4.78 is 86.6. The molecule has 14 heteroatoms. The van der Waals surface area contributed by atoms with Crippen molar-refractivity contribution in [2.45, 2.75) is 72.4 Å². The summed E-state index contributed by atoms with van der Waals surface area (Å²) in [7, 11) is -4.33. The largest absolute Gasteiger partial charge is 0.451 e. The molecule has 2 fully saturated rings. The van der Waals surface area contributed by atoms with E-state index in [4.69, 9.17) is 21.1 Å². The molecule has 2 saturated carbocycles. The van der Waals surface area contributed by atoms with Gasteiger partial charge in [0, 0.05) is 29.0 Å². The second-order valence-corrected chi connectivity index (χ2v) is 19.7. The highest BCUT2D eigenvalue weighted by Crippen LogP contribution is 2.53. The van der Waals surface area contributed by atoms with Crippen LogP contribution in [0.5, 0.6) is 0 Å². The van der Waals surface area contributed by atoms with Crippen LogP contribution in [-0.2, 0) is 38.7 Å². The first-order valence-electron chi connectivity index (χ1n) is 18.0. The Labute approximate surface area is 332 Å². The smallest absolute Gasteiger partial charge is 0.340 e. The highest BCUT2D eigenvalue weighted by atomic mass is 35.5.